The third-order valence-electron chi connectivity index (χ3n) is 5.71. The highest BCUT2D eigenvalue weighted by atomic mass is 16.4. The van der Waals surface area contributed by atoms with Gasteiger partial charge in [-0.1, -0.05) is 37.6 Å². The van der Waals surface area contributed by atoms with Crippen molar-refractivity contribution >= 4 is 11.9 Å². The molecule has 4 nitrogen and oxygen atoms in total. The zero-order valence-corrected chi connectivity index (χ0v) is 13.8. The lowest BCUT2D eigenvalue weighted by atomic mass is 9.81. The number of nitrogens with zero attached hydrogens (tertiary/aromatic N) is 1. The second-order valence-corrected chi connectivity index (χ2v) is 6.99. The number of aryl methyl sites for hydroxylation is 2. The predicted molar refractivity (Wildman–Crippen MR) is 88.1 cm³/mol. The maximum Gasteiger partial charge on any atom is 0.311 e. The number of carboxylic acids is 1. The Bertz CT molecular complexity index is 595. The summed E-state index contributed by atoms with van der Waals surface area (Å²) in [5.74, 6) is -0.474. The van der Waals surface area contributed by atoms with Crippen LogP contribution < -0.4 is 0 Å². The van der Waals surface area contributed by atoms with Gasteiger partial charge in [0.05, 0.1) is 5.41 Å². The van der Waals surface area contributed by atoms with Crippen molar-refractivity contribution in [1.82, 2.24) is 4.90 Å². The molecule has 0 radical (unpaired) electrons. The molecule has 0 bridgehead atoms. The number of carbonyl (C=O) groups is 2. The summed E-state index contributed by atoms with van der Waals surface area (Å²) in [4.78, 5) is 25.9. The Kier molecular flexibility index (Phi) is 4.42. The van der Waals surface area contributed by atoms with E-state index in [0.29, 0.717) is 19.5 Å². The molecule has 23 heavy (non-hydrogen) atoms. The van der Waals surface area contributed by atoms with Gasteiger partial charge in [0.2, 0.25) is 5.91 Å². The minimum atomic E-state index is -0.717. The van der Waals surface area contributed by atoms with E-state index in [1.807, 2.05) is 0 Å². The van der Waals surface area contributed by atoms with Crippen LogP contribution >= 0.6 is 0 Å². The Morgan fingerprint density at radius 2 is 1.96 bits per heavy atom. The third-order valence-corrected chi connectivity index (χ3v) is 5.71. The molecule has 0 aromatic heterocycles. The molecule has 2 atom stereocenters. The molecule has 0 unspecified atom stereocenters. The van der Waals surface area contributed by atoms with E-state index < -0.39 is 11.4 Å². The maximum absolute atomic E-state index is 12.5. The second kappa shape index (κ2) is 6.34. The van der Waals surface area contributed by atoms with Crippen LogP contribution in [0.2, 0.25) is 0 Å². The molecule has 1 heterocycles. The standard InChI is InChI=1S/C19H25NO3/c1-2-14-5-7-15(8-6-14)9-10-17(21)20-12-16-4-3-11-19(16,13-20)18(22)23/h5-8,16H,2-4,9-13H2,1H3,(H,22,23)/t16-,19+/m0/s1. The molecule has 3 rings (SSSR count). The second-order valence-electron chi connectivity index (χ2n) is 6.99. The maximum atomic E-state index is 12.5. The van der Waals surface area contributed by atoms with Gasteiger partial charge in [0.15, 0.2) is 0 Å². The predicted octanol–water partition coefficient (Wildman–Crippen LogP) is 2.89. The third kappa shape index (κ3) is 2.99. The molecule has 124 valence electrons. The summed E-state index contributed by atoms with van der Waals surface area (Å²) in [6.07, 6.45) is 4.84. The van der Waals surface area contributed by atoms with Crippen molar-refractivity contribution < 1.29 is 14.7 Å². The van der Waals surface area contributed by atoms with Gasteiger partial charge in [-0.25, -0.2) is 0 Å². The summed E-state index contributed by atoms with van der Waals surface area (Å²) in [5.41, 5.74) is 1.80. The fourth-order valence-corrected chi connectivity index (χ4v) is 4.18. The molecule has 1 N–H and O–H groups in total. The molecular weight excluding hydrogens is 290 g/mol. The number of rotatable bonds is 5. The van der Waals surface area contributed by atoms with Gasteiger partial charge in [-0.2, -0.15) is 0 Å². The van der Waals surface area contributed by atoms with E-state index in [-0.39, 0.29) is 11.8 Å². The highest BCUT2D eigenvalue weighted by molar-refractivity contribution is 5.81. The molecule has 1 saturated carbocycles. The van der Waals surface area contributed by atoms with Crippen molar-refractivity contribution in [2.45, 2.75) is 45.4 Å². The fraction of sp³-hybridized carbons (Fsp3) is 0.579. The summed E-state index contributed by atoms with van der Waals surface area (Å²) in [6, 6.07) is 8.39. The van der Waals surface area contributed by atoms with Crippen molar-refractivity contribution in [3.63, 3.8) is 0 Å². The summed E-state index contributed by atoms with van der Waals surface area (Å²) >= 11 is 0. The van der Waals surface area contributed by atoms with Crippen molar-refractivity contribution in [2.75, 3.05) is 13.1 Å². The van der Waals surface area contributed by atoms with Gasteiger partial charge in [-0.3, -0.25) is 9.59 Å². The molecular formula is C19H25NO3. The Labute approximate surface area is 137 Å². The average molecular weight is 315 g/mol. The molecule has 2 fully saturated rings. The highest BCUT2D eigenvalue weighted by Crippen LogP contribution is 2.48. The minimum absolute atomic E-state index is 0.0968. The first-order valence-electron chi connectivity index (χ1n) is 8.64. The van der Waals surface area contributed by atoms with Gasteiger partial charge in [-0.05, 0) is 42.7 Å². The van der Waals surface area contributed by atoms with E-state index >= 15 is 0 Å². The van der Waals surface area contributed by atoms with Gasteiger partial charge in [0.25, 0.3) is 0 Å². The number of benzene rings is 1. The van der Waals surface area contributed by atoms with E-state index in [9.17, 15) is 14.7 Å². The molecule has 1 aliphatic heterocycles. The number of amides is 1. The molecule has 1 aliphatic carbocycles. The smallest absolute Gasteiger partial charge is 0.311 e. The number of likely N-dealkylation sites (tertiary alicyclic amines) is 1. The normalized spacial score (nSPS) is 26.3. The number of aliphatic carboxylic acids is 1. The number of hydrogen-bond acceptors (Lipinski definition) is 2. The molecule has 1 amide bonds. The van der Waals surface area contributed by atoms with Crippen LogP contribution in [0.3, 0.4) is 0 Å². The quantitative estimate of drug-likeness (QED) is 0.909. The lowest BCUT2D eigenvalue weighted by Crippen LogP contribution is -2.37. The first-order valence-corrected chi connectivity index (χ1v) is 8.64. The number of fused-ring (bicyclic) bond motifs is 1. The molecule has 0 spiro atoms. The first kappa shape index (κ1) is 16.0. The van der Waals surface area contributed by atoms with Crippen LogP contribution in [0.1, 0.15) is 43.7 Å². The van der Waals surface area contributed by atoms with Gasteiger partial charge in [-0.15, -0.1) is 0 Å². The Morgan fingerprint density at radius 1 is 1.26 bits per heavy atom. The Balaban J connectivity index is 1.58. The van der Waals surface area contributed by atoms with Gasteiger partial charge in [0, 0.05) is 19.5 Å². The summed E-state index contributed by atoms with van der Waals surface area (Å²) < 4.78 is 0. The number of carbonyl (C=O) groups excluding carboxylic acids is 1. The van der Waals surface area contributed by atoms with Crippen molar-refractivity contribution in [2.24, 2.45) is 11.3 Å². The SMILES string of the molecule is CCc1ccc(CCC(=O)N2C[C@@H]3CCC[C@@]3(C(=O)O)C2)cc1. The van der Waals surface area contributed by atoms with Crippen LogP contribution in [0.15, 0.2) is 24.3 Å². The topological polar surface area (TPSA) is 57.6 Å². The van der Waals surface area contributed by atoms with E-state index in [1.165, 1.54) is 11.1 Å². The van der Waals surface area contributed by atoms with E-state index in [4.69, 9.17) is 0 Å². The lowest BCUT2D eigenvalue weighted by molar-refractivity contribution is -0.149. The van der Waals surface area contributed by atoms with Gasteiger partial charge in [0.1, 0.15) is 0 Å². The summed E-state index contributed by atoms with van der Waals surface area (Å²) in [6.45, 7) is 3.15. The van der Waals surface area contributed by atoms with Crippen molar-refractivity contribution in [1.29, 1.82) is 0 Å². The van der Waals surface area contributed by atoms with Crippen LogP contribution in [-0.4, -0.2) is 35.0 Å². The zero-order chi connectivity index (χ0) is 16.4. The van der Waals surface area contributed by atoms with E-state index in [2.05, 4.69) is 31.2 Å². The van der Waals surface area contributed by atoms with Crippen molar-refractivity contribution in [3.8, 4) is 0 Å². The molecule has 1 aromatic rings. The molecule has 1 aromatic carbocycles. The van der Waals surface area contributed by atoms with Crippen molar-refractivity contribution in [3.05, 3.63) is 35.4 Å². The van der Waals surface area contributed by atoms with Crippen LogP contribution in [0, 0.1) is 11.3 Å². The number of carboxylic acid groups (broad SMARTS) is 1. The highest BCUT2D eigenvalue weighted by Gasteiger charge is 2.55. The fourth-order valence-electron chi connectivity index (χ4n) is 4.18. The van der Waals surface area contributed by atoms with Gasteiger partial charge >= 0.3 is 5.97 Å². The van der Waals surface area contributed by atoms with E-state index in [1.54, 1.807) is 4.90 Å². The molecule has 2 aliphatic rings. The summed E-state index contributed by atoms with van der Waals surface area (Å²) in [7, 11) is 0. The monoisotopic (exact) mass is 315 g/mol. The first-order chi connectivity index (χ1) is 11.0. The molecule has 1 saturated heterocycles. The van der Waals surface area contributed by atoms with E-state index in [0.717, 1.165) is 32.1 Å². The van der Waals surface area contributed by atoms with Crippen LogP contribution in [0.25, 0.3) is 0 Å². The summed E-state index contributed by atoms with van der Waals surface area (Å²) in [5, 5.41) is 9.59. The Hall–Kier alpha value is -1.84. The van der Waals surface area contributed by atoms with Crippen LogP contribution in [0.5, 0.6) is 0 Å². The van der Waals surface area contributed by atoms with Gasteiger partial charge < -0.3 is 10.0 Å². The average Bonchev–Trinajstić information content (AvgIpc) is 3.11. The van der Waals surface area contributed by atoms with Crippen LogP contribution in [0.4, 0.5) is 0 Å². The zero-order valence-electron chi connectivity index (χ0n) is 13.8. The lowest BCUT2D eigenvalue weighted by Gasteiger charge is -2.23. The number of hydrogen-bond donors (Lipinski definition) is 1. The Morgan fingerprint density at radius 3 is 2.57 bits per heavy atom. The van der Waals surface area contributed by atoms with Crippen LogP contribution in [-0.2, 0) is 22.4 Å². The molecule has 4 heteroatoms. The largest absolute Gasteiger partial charge is 0.481 e. The minimum Gasteiger partial charge on any atom is -0.481 e.